The van der Waals surface area contributed by atoms with Crippen LogP contribution < -0.4 is 10.6 Å². The van der Waals surface area contributed by atoms with E-state index in [0.717, 1.165) is 24.0 Å². The summed E-state index contributed by atoms with van der Waals surface area (Å²) in [5.74, 6) is -0.585. The maximum absolute atomic E-state index is 13.1. The van der Waals surface area contributed by atoms with E-state index in [4.69, 9.17) is 4.74 Å². The fraction of sp³-hybridized carbons (Fsp3) is 0.609. The molecule has 0 heterocycles. The minimum Gasteiger partial charge on any atom is -0.444 e. The Balaban J connectivity index is 3.08. The fourth-order valence-electron chi connectivity index (χ4n) is 2.96. The maximum atomic E-state index is 13.1. The van der Waals surface area contributed by atoms with Crippen molar-refractivity contribution < 1.29 is 19.1 Å². The number of amides is 3. The zero-order valence-corrected chi connectivity index (χ0v) is 19.4. The maximum Gasteiger partial charge on any atom is 0.408 e. The predicted octanol–water partition coefficient (Wildman–Crippen LogP) is 3.71. The van der Waals surface area contributed by atoms with E-state index in [2.05, 4.69) is 17.6 Å². The lowest BCUT2D eigenvalue weighted by atomic mass is 10.0. The average molecular weight is 420 g/mol. The Kier molecular flexibility index (Phi) is 9.82. The van der Waals surface area contributed by atoms with Crippen molar-refractivity contribution >= 4 is 17.9 Å². The van der Waals surface area contributed by atoms with Crippen LogP contribution in [0.3, 0.4) is 0 Å². The van der Waals surface area contributed by atoms with Crippen LogP contribution >= 0.6 is 0 Å². The molecule has 1 rings (SSSR count). The first-order valence-electron chi connectivity index (χ1n) is 10.6. The molecule has 1 atom stereocenters. The van der Waals surface area contributed by atoms with Gasteiger partial charge in [-0.15, -0.1) is 0 Å². The van der Waals surface area contributed by atoms with Crippen LogP contribution in [0.1, 0.15) is 71.6 Å². The Labute approximate surface area is 180 Å². The van der Waals surface area contributed by atoms with Crippen LogP contribution in [0.15, 0.2) is 24.3 Å². The van der Waals surface area contributed by atoms with Gasteiger partial charge in [0.2, 0.25) is 11.8 Å². The Morgan fingerprint density at radius 2 is 1.67 bits per heavy atom. The molecule has 7 heteroatoms. The van der Waals surface area contributed by atoms with Crippen LogP contribution in [0.5, 0.6) is 0 Å². The highest BCUT2D eigenvalue weighted by molar-refractivity contribution is 5.90. The average Bonchev–Trinajstić information content (AvgIpc) is 2.63. The molecule has 0 saturated carbocycles. The first-order chi connectivity index (χ1) is 14.0. The van der Waals surface area contributed by atoms with Crippen molar-refractivity contribution in [2.45, 2.75) is 79.0 Å². The summed E-state index contributed by atoms with van der Waals surface area (Å²) in [5, 5.41) is 5.44. The summed E-state index contributed by atoms with van der Waals surface area (Å²) < 4.78 is 5.20. The third-order valence-electron chi connectivity index (χ3n) is 4.38. The van der Waals surface area contributed by atoms with E-state index in [0.29, 0.717) is 6.54 Å². The quantitative estimate of drug-likeness (QED) is 0.597. The fourth-order valence-corrected chi connectivity index (χ4v) is 2.96. The number of nitrogens with one attached hydrogen (secondary N) is 2. The zero-order valence-electron chi connectivity index (χ0n) is 19.4. The summed E-state index contributed by atoms with van der Waals surface area (Å²) >= 11 is 0. The summed E-state index contributed by atoms with van der Waals surface area (Å²) in [5.41, 5.74) is 1.14. The van der Waals surface area contributed by atoms with Crippen LogP contribution in [-0.2, 0) is 14.3 Å². The predicted molar refractivity (Wildman–Crippen MR) is 118 cm³/mol. The van der Waals surface area contributed by atoms with Crippen molar-refractivity contribution in [3.8, 4) is 0 Å². The number of ether oxygens (including phenoxy) is 1. The third-order valence-corrected chi connectivity index (χ3v) is 4.38. The van der Waals surface area contributed by atoms with Gasteiger partial charge < -0.3 is 20.3 Å². The van der Waals surface area contributed by atoms with Crippen LogP contribution in [0, 0.1) is 6.92 Å². The van der Waals surface area contributed by atoms with E-state index in [-0.39, 0.29) is 24.4 Å². The minimum absolute atomic E-state index is 0.230. The molecule has 0 radical (unpaired) electrons. The Morgan fingerprint density at radius 3 is 2.17 bits per heavy atom. The highest BCUT2D eigenvalue weighted by Crippen LogP contribution is 2.24. The number of unbranched alkanes of at least 4 members (excludes halogenated alkanes) is 1. The number of nitrogens with zero attached hydrogens (tertiary/aromatic N) is 1. The monoisotopic (exact) mass is 419 g/mol. The van der Waals surface area contributed by atoms with E-state index in [1.54, 1.807) is 20.8 Å². The van der Waals surface area contributed by atoms with Gasteiger partial charge >= 0.3 is 6.09 Å². The molecule has 7 nitrogen and oxygen atoms in total. The van der Waals surface area contributed by atoms with Crippen LogP contribution in [0.2, 0.25) is 0 Å². The summed E-state index contributed by atoms with van der Waals surface area (Å²) in [6.07, 6.45) is 1.16. The topological polar surface area (TPSA) is 87.7 Å². The van der Waals surface area contributed by atoms with Crippen molar-refractivity contribution in [1.82, 2.24) is 15.5 Å². The summed E-state index contributed by atoms with van der Waals surface area (Å²) in [7, 11) is 0. The van der Waals surface area contributed by atoms with Gasteiger partial charge in [-0.1, -0.05) is 43.2 Å². The molecule has 0 aliphatic heterocycles. The van der Waals surface area contributed by atoms with Gasteiger partial charge in [0.1, 0.15) is 18.2 Å². The van der Waals surface area contributed by atoms with Crippen LogP contribution in [0.25, 0.3) is 0 Å². The number of rotatable bonds is 9. The lowest BCUT2D eigenvalue weighted by molar-refractivity contribution is -0.142. The SMILES string of the molecule is CCCCNC(=O)C(c1ccc(C)cc1)N(C(=O)CNC(=O)OC(C)(C)C)C(C)C. The normalized spacial score (nSPS) is 12.3. The van der Waals surface area contributed by atoms with Crippen LogP contribution in [0.4, 0.5) is 4.79 Å². The zero-order chi connectivity index (χ0) is 22.9. The minimum atomic E-state index is -0.782. The van der Waals surface area contributed by atoms with Gasteiger partial charge in [0.25, 0.3) is 0 Å². The Bertz CT molecular complexity index is 708. The van der Waals surface area contributed by atoms with Gasteiger partial charge in [0, 0.05) is 12.6 Å². The second-order valence-electron chi connectivity index (χ2n) is 8.71. The lowest BCUT2D eigenvalue weighted by Crippen LogP contribution is -2.50. The van der Waals surface area contributed by atoms with Crippen molar-refractivity contribution in [2.24, 2.45) is 0 Å². The molecule has 0 aromatic heterocycles. The smallest absolute Gasteiger partial charge is 0.408 e. The van der Waals surface area contributed by atoms with E-state index in [1.165, 1.54) is 4.90 Å². The number of hydrogen-bond acceptors (Lipinski definition) is 4. The number of alkyl carbamates (subject to hydrolysis) is 1. The van der Waals surface area contributed by atoms with Crippen molar-refractivity contribution in [3.63, 3.8) is 0 Å². The second-order valence-corrected chi connectivity index (χ2v) is 8.71. The van der Waals surface area contributed by atoms with Crippen LogP contribution in [-0.4, -0.2) is 47.5 Å². The molecule has 1 aromatic rings. The second kappa shape index (κ2) is 11.6. The Hall–Kier alpha value is -2.57. The first-order valence-corrected chi connectivity index (χ1v) is 10.6. The van der Waals surface area contributed by atoms with Crippen molar-refractivity contribution in [3.05, 3.63) is 35.4 Å². The summed E-state index contributed by atoms with van der Waals surface area (Å²) in [6.45, 7) is 13.3. The number of hydrogen-bond donors (Lipinski definition) is 2. The molecule has 0 spiro atoms. The molecule has 1 unspecified atom stereocenters. The van der Waals surface area contributed by atoms with E-state index >= 15 is 0 Å². The van der Waals surface area contributed by atoms with Gasteiger partial charge in [-0.3, -0.25) is 9.59 Å². The molecule has 2 N–H and O–H groups in total. The van der Waals surface area contributed by atoms with Gasteiger partial charge in [0.05, 0.1) is 0 Å². The molecule has 0 aliphatic rings. The number of aryl methyl sites for hydroxylation is 1. The van der Waals surface area contributed by atoms with Gasteiger partial charge in [-0.25, -0.2) is 4.79 Å². The number of carbonyl (C=O) groups excluding carboxylic acids is 3. The van der Waals surface area contributed by atoms with Crippen molar-refractivity contribution in [2.75, 3.05) is 13.1 Å². The van der Waals surface area contributed by atoms with Gasteiger partial charge in [-0.2, -0.15) is 0 Å². The molecule has 0 saturated heterocycles. The summed E-state index contributed by atoms with van der Waals surface area (Å²) in [4.78, 5) is 39.6. The standard InChI is InChI=1S/C23H37N3O4/c1-8-9-14-24-21(28)20(18-12-10-17(4)11-13-18)26(16(2)3)19(27)15-25-22(29)30-23(5,6)7/h10-13,16,20H,8-9,14-15H2,1-7H3,(H,24,28)(H,25,29). The van der Waals surface area contributed by atoms with Crippen molar-refractivity contribution in [1.29, 1.82) is 0 Å². The highest BCUT2D eigenvalue weighted by atomic mass is 16.6. The molecule has 0 aliphatic carbocycles. The molecule has 0 bridgehead atoms. The Morgan fingerprint density at radius 1 is 1.07 bits per heavy atom. The van der Waals surface area contributed by atoms with E-state index in [9.17, 15) is 14.4 Å². The van der Waals surface area contributed by atoms with Gasteiger partial charge in [0.15, 0.2) is 0 Å². The van der Waals surface area contributed by atoms with E-state index < -0.39 is 17.7 Å². The summed E-state index contributed by atoms with van der Waals surface area (Å²) in [6, 6.07) is 6.54. The molecular formula is C23H37N3O4. The molecule has 0 fully saturated rings. The number of carbonyl (C=O) groups is 3. The third kappa shape index (κ3) is 8.43. The lowest BCUT2D eigenvalue weighted by Gasteiger charge is -2.34. The largest absolute Gasteiger partial charge is 0.444 e. The number of benzene rings is 1. The molecule has 168 valence electrons. The molecule has 3 amide bonds. The molecular weight excluding hydrogens is 382 g/mol. The molecule has 1 aromatic carbocycles. The highest BCUT2D eigenvalue weighted by Gasteiger charge is 2.33. The van der Waals surface area contributed by atoms with E-state index in [1.807, 2.05) is 45.0 Å². The molecule has 30 heavy (non-hydrogen) atoms. The first kappa shape index (κ1) is 25.5. The van der Waals surface area contributed by atoms with Gasteiger partial charge in [-0.05, 0) is 53.5 Å².